The Hall–Kier alpha value is -1.10. The van der Waals surface area contributed by atoms with Crippen LogP contribution < -0.4 is 0 Å². The van der Waals surface area contributed by atoms with Crippen molar-refractivity contribution in [3.63, 3.8) is 0 Å². The van der Waals surface area contributed by atoms with Crippen molar-refractivity contribution < 1.29 is 17.6 Å². The van der Waals surface area contributed by atoms with E-state index in [9.17, 15) is 17.6 Å². The van der Waals surface area contributed by atoms with E-state index in [2.05, 4.69) is 0 Å². The van der Waals surface area contributed by atoms with E-state index in [4.69, 9.17) is 0 Å². The summed E-state index contributed by atoms with van der Waals surface area (Å²) in [5.74, 6) is -6.19. The summed E-state index contributed by atoms with van der Waals surface area (Å²) in [7, 11) is 0. The number of fused-ring (bicyclic) bond motifs is 1. The molecule has 5 heteroatoms. The van der Waals surface area contributed by atoms with Gasteiger partial charge in [-0.2, -0.15) is 0 Å². The predicted molar refractivity (Wildman–Crippen MR) is 53.0 cm³/mol. The van der Waals surface area contributed by atoms with E-state index >= 15 is 0 Å². The molecular weight excluding hydrogens is 228 g/mol. The lowest BCUT2D eigenvalue weighted by molar-refractivity contribution is 0.419. The summed E-state index contributed by atoms with van der Waals surface area (Å²) in [6, 6.07) is 1.21. The summed E-state index contributed by atoms with van der Waals surface area (Å²) in [5.41, 5.74) is 0. The van der Waals surface area contributed by atoms with E-state index in [0.717, 1.165) is 11.3 Å². The van der Waals surface area contributed by atoms with E-state index in [1.54, 1.807) is 0 Å². The third-order valence-electron chi connectivity index (χ3n) is 1.68. The second-order valence-corrected chi connectivity index (χ2v) is 3.34. The Labute approximate surface area is 88.2 Å². The van der Waals surface area contributed by atoms with Crippen molar-refractivity contribution in [1.29, 1.82) is 0 Å². The van der Waals surface area contributed by atoms with E-state index in [1.165, 1.54) is 11.4 Å². The summed E-state index contributed by atoms with van der Waals surface area (Å²) in [5, 5.41) is 1.15. The zero-order chi connectivity index (χ0) is 11.6. The first-order valence-electron chi connectivity index (χ1n) is 4.32. The van der Waals surface area contributed by atoms with E-state index in [0.29, 0.717) is 0 Å². The molecule has 0 atom stereocenters. The first kappa shape index (κ1) is 12.0. The fourth-order valence-electron chi connectivity index (χ4n) is 1.06. The Morgan fingerprint density at radius 2 is 1.40 bits per heavy atom. The van der Waals surface area contributed by atoms with Gasteiger partial charge < -0.3 is 0 Å². The maximum atomic E-state index is 12.9. The standard InChI is InChI=1S/C8H2F4S.C2H6/c9-4-3-1-2-13-8(3)7(12)6(11)5(4)10;1-2/h1-2H;1-2H3. The van der Waals surface area contributed by atoms with Gasteiger partial charge in [-0.1, -0.05) is 13.8 Å². The van der Waals surface area contributed by atoms with Crippen LogP contribution >= 0.6 is 11.3 Å². The monoisotopic (exact) mass is 236 g/mol. The van der Waals surface area contributed by atoms with Crippen LogP contribution in [-0.2, 0) is 0 Å². The van der Waals surface area contributed by atoms with Gasteiger partial charge >= 0.3 is 0 Å². The summed E-state index contributed by atoms with van der Waals surface area (Å²) in [6.07, 6.45) is 0. The Kier molecular flexibility index (Phi) is 3.68. The molecule has 2 rings (SSSR count). The first-order valence-corrected chi connectivity index (χ1v) is 5.20. The molecule has 0 aliphatic rings. The lowest BCUT2D eigenvalue weighted by Gasteiger charge is -1.98. The van der Waals surface area contributed by atoms with E-state index in [-0.39, 0.29) is 10.1 Å². The van der Waals surface area contributed by atoms with Crippen molar-refractivity contribution >= 4 is 21.4 Å². The zero-order valence-electron chi connectivity index (χ0n) is 8.07. The molecule has 15 heavy (non-hydrogen) atoms. The minimum Gasteiger partial charge on any atom is -0.203 e. The molecule has 1 aromatic carbocycles. The predicted octanol–water partition coefficient (Wildman–Crippen LogP) is 4.48. The van der Waals surface area contributed by atoms with Crippen LogP contribution in [0.1, 0.15) is 13.8 Å². The summed E-state index contributed by atoms with van der Waals surface area (Å²) in [4.78, 5) is 0. The normalized spacial score (nSPS) is 10.0. The highest BCUT2D eigenvalue weighted by molar-refractivity contribution is 7.17. The van der Waals surface area contributed by atoms with E-state index < -0.39 is 23.3 Å². The van der Waals surface area contributed by atoms with Crippen LogP contribution in [0, 0.1) is 23.3 Å². The molecule has 0 radical (unpaired) electrons. The van der Waals surface area contributed by atoms with Crippen molar-refractivity contribution in [2.75, 3.05) is 0 Å². The summed E-state index contributed by atoms with van der Waals surface area (Å²) < 4.78 is 50.8. The summed E-state index contributed by atoms with van der Waals surface area (Å²) >= 11 is 0.829. The fraction of sp³-hybridized carbons (Fsp3) is 0.200. The van der Waals surface area contributed by atoms with E-state index in [1.807, 2.05) is 13.8 Å². The second kappa shape index (κ2) is 4.61. The van der Waals surface area contributed by atoms with Crippen molar-refractivity contribution in [3.05, 3.63) is 34.7 Å². The van der Waals surface area contributed by atoms with Gasteiger partial charge in [0.15, 0.2) is 23.3 Å². The van der Waals surface area contributed by atoms with Crippen LogP contribution in [0.15, 0.2) is 11.4 Å². The molecule has 0 N–H and O–H groups in total. The topological polar surface area (TPSA) is 0 Å². The fourth-order valence-corrected chi connectivity index (χ4v) is 1.88. The number of hydrogen-bond donors (Lipinski definition) is 0. The van der Waals surface area contributed by atoms with Crippen LogP contribution in [0.25, 0.3) is 10.1 Å². The Balaban J connectivity index is 0.000000531. The van der Waals surface area contributed by atoms with Gasteiger partial charge in [0, 0.05) is 5.39 Å². The molecular formula is C10H8F4S. The van der Waals surface area contributed by atoms with Crippen molar-refractivity contribution in [3.8, 4) is 0 Å². The van der Waals surface area contributed by atoms with Gasteiger partial charge in [0.2, 0.25) is 0 Å². The molecule has 0 aliphatic carbocycles. The average molecular weight is 236 g/mol. The van der Waals surface area contributed by atoms with Crippen LogP contribution in [0.5, 0.6) is 0 Å². The van der Waals surface area contributed by atoms with Gasteiger partial charge in [0.25, 0.3) is 0 Å². The quantitative estimate of drug-likeness (QED) is 0.359. The number of halogens is 4. The maximum Gasteiger partial charge on any atom is 0.198 e. The number of hydrogen-bond acceptors (Lipinski definition) is 1. The number of rotatable bonds is 0. The molecule has 0 nitrogen and oxygen atoms in total. The Bertz CT molecular complexity index is 434. The number of benzene rings is 1. The zero-order valence-corrected chi connectivity index (χ0v) is 8.89. The molecule has 0 fully saturated rings. The van der Waals surface area contributed by atoms with Gasteiger partial charge in [0.05, 0.1) is 4.70 Å². The highest BCUT2D eigenvalue weighted by Gasteiger charge is 2.20. The maximum absolute atomic E-state index is 12.9. The van der Waals surface area contributed by atoms with Crippen LogP contribution in [-0.4, -0.2) is 0 Å². The largest absolute Gasteiger partial charge is 0.203 e. The average Bonchev–Trinajstić information content (AvgIpc) is 2.75. The van der Waals surface area contributed by atoms with Gasteiger partial charge in [-0.25, -0.2) is 17.6 Å². The number of thiophene rings is 1. The third-order valence-corrected chi connectivity index (χ3v) is 2.59. The van der Waals surface area contributed by atoms with Crippen molar-refractivity contribution in [2.24, 2.45) is 0 Å². The SMILES string of the molecule is CC.Fc1c(F)c(F)c2sccc2c1F. The molecule has 1 heterocycles. The Morgan fingerprint density at radius 1 is 0.867 bits per heavy atom. The molecule has 0 unspecified atom stereocenters. The van der Waals surface area contributed by atoms with Gasteiger partial charge in [0.1, 0.15) is 0 Å². The minimum atomic E-state index is -1.76. The molecule has 0 spiro atoms. The third kappa shape index (κ3) is 1.84. The molecule has 1 aromatic heterocycles. The molecule has 0 bridgehead atoms. The smallest absolute Gasteiger partial charge is 0.198 e. The van der Waals surface area contributed by atoms with Crippen LogP contribution in [0.3, 0.4) is 0 Å². The van der Waals surface area contributed by atoms with Gasteiger partial charge in [-0.05, 0) is 11.4 Å². The van der Waals surface area contributed by atoms with Crippen LogP contribution in [0.2, 0.25) is 0 Å². The molecule has 82 valence electrons. The molecule has 0 saturated heterocycles. The van der Waals surface area contributed by atoms with Crippen molar-refractivity contribution in [1.82, 2.24) is 0 Å². The highest BCUT2D eigenvalue weighted by Crippen LogP contribution is 2.30. The lowest BCUT2D eigenvalue weighted by Crippen LogP contribution is -1.95. The molecule has 2 aromatic rings. The minimum absolute atomic E-state index is 0.198. The van der Waals surface area contributed by atoms with Gasteiger partial charge in [-0.15, -0.1) is 11.3 Å². The summed E-state index contributed by atoms with van der Waals surface area (Å²) in [6.45, 7) is 4.00. The van der Waals surface area contributed by atoms with Crippen molar-refractivity contribution in [2.45, 2.75) is 13.8 Å². The first-order chi connectivity index (χ1) is 7.13. The molecule has 0 aliphatic heterocycles. The Morgan fingerprint density at radius 3 is 2.00 bits per heavy atom. The van der Waals surface area contributed by atoms with Crippen LogP contribution in [0.4, 0.5) is 17.6 Å². The lowest BCUT2D eigenvalue weighted by atomic mass is 10.2. The molecule has 0 amide bonds. The highest BCUT2D eigenvalue weighted by atomic mass is 32.1. The molecule has 0 saturated carbocycles. The second-order valence-electron chi connectivity index (χ2n) is 2.42. The van der Waals surface area contributed by atoms with Gasteiger partial charge in [-0.3, -0.25) is 0 Å².